The Morgan fingerprint density at radius 2 is 2.38 bits per heavy atom. The second kappa shape index (κ2) is 5.09. The van der Waals surface area contributed by atoms with Crippen LogP contribution in [0.3, 0.4) is 0 Å². The summed E-state index contributed by atoms with van der Waals surface area (Å²) in [5, 5.41) is 3.42. The Bertz CT molecular complexity index is 543. The van der Waals surface area contributed by atoms with E-state index in [4.69, 9.17) is 15.3 Å². The van der Waals surface area contributed by atoms with Gasteiger partial charge in [0.2, 0.25) is 0 Å². The molecule has 0 saturated carbocycles. The van der Waals surface area contributed by atoms with Gasteiger partial charge in [-0.3, -0.25) is 0 Å². The molecule has 1 aromatic carbocycles. The van der Waals surface area contributed by atoms with E-state index in [-0.39, 0.29) is 12.3 Å². The van der Waals surface area contributed by atoms with Crippen LogP contribution in [0.15, 0.2) is 18.2 Å². The Morgan fingerprint density at radius 1 is 1.62 bits per heavy atom. The van der Waals surface area contributed by atoms with Gasteiger partial charge in [0, 0.05) is 5.30 Å². The van der Waals surface area contributed by atoms with Crippen LogP contribution in [-0.2, 0) is 4.57 Å². The van der Waals surface area contributed by atoms with Crippen LogP contribution in [0.2, 0.25) is 0 Å². The highest BCUT2D eigenvalue weighted by Crippen LogP contribution is 2.37. The third-order valence-corrected chi connectivity index (χ3v) is 3.60. The number of methoxy groups -OCH3 is 1. The molecule has 0 aliphatic carbocycles. The van der Waals surface area contributed by atoms with Gasteiger partial charge >= 0.3 is 0 Å². The maximum atomic E-state index is 12.0. The van der Waals surface area contributed by atoms with Gasteiger partial charge in [-0.1, -0.05) is 5.92 Å². The Kier molecular flexibility index (Phi) is 2.78. The normalized spacial score (nSPS) is 14.2. The van der Waals surface area contributed by atoms with Gasteiger partial charge in [-0.15, -0.1) is 6.42 Å². The summed E-state index contributed by atoms with van der Waals surface area (Å²) in [4.78, 5) is 0. The maximum Gasteiger partial charge on any atom is 0.142 e. The molecule has 0 radical (unpaired) electrons. The van der Waals surface area contributed by atoms with Gasteiger partial charge in [-0.2, -0.15) is 0 Å². The van der Waals surface area contributed by atoms with Gasteiger partial charge in [-0.25, -0.2) is 0 Å². The first-order valence-electron chi connectivity index (χ1n) is 6.19. The van der Waals surface area contributed by atoms with Crippen LogP contribution in [0.5, 0.6) is 5.75 Å². The molecule has 0 heterocycles. The van der Waals surface area contributed by atoms with E-state index in [1.165, 1.54) is 6.07 Å². The average Bonchev–Trinajstić information content (AvgIpc) is 2.24. The molecule has 0 amide bonds. The van der Waals surface area contributed by atoms with Crippen molar-refractivity contribution in [1.82, 2.24) is 0 Å². The highest BCUT2D eigenvalue weighted by molar-refractivity contribution is 7.70. The van der Waals surface area contributed by atoms with Crippen molar-refractivity contribution < 1.29 is 13.4 Å². The Morgan fingerprint density at radius 3 is 2.94 bits per heavy atom. The second-order valence-electron chi connectivity index (χ2n) is 3.69. The summed E-state index contributed by atoms with van der Waals surface area (Å²) < 4.78 is 38.4. The third kappa shape index (κ3) is 3.05. The first kappa shape index (κ1) is 8.73. The molecule has 1 aromatic rings. The standard InChI is InChI=1S/C12H16NO2P/c1-5-8-13-11-7-6-10(16(3,4)14)9-12(11)15-2/h1,6-7,9,13H,8H2,2-4H3/i2D3. The summed E-state index contributed by atoms with van der Waals surface area (Å²) in [6.07, 6.45) is 5.14. The van der Waals surface area contributed by atoms with E-state index in [0.29, 0.717) is 11.0 Å². The molecule has 0 aliphatic rings. The quantitative estimate of drug-likeness (QED) is 0.646. The van der Waals surface area contributed by atoms with Gasteiger partial charge < -0.3 is 14.6 Å². The summed E-state index contributed by atoms with van der Waals surface area (Å²) in [6.45, 7) is 3.46. The molecule has 0 aliphatic heterocycles. The minimum Gasteiger partial charge on any atom is -0.495 e. The lowest BCUT2D eigenvalue weighted by atomic mass is 10.3. The predicted octanol–water partition coefficient (Wildman–Crippen LogP) is 1.99. The van der Waals surface area contributed by atoms with E-state index in [9.17, 15) is 4.57 Å². The number of benzene rings is 1. The number of terminal acetylenes is 1. The van der Waals surface area contributed by atoms with Gasteiger partial charge in [0.25, 0.3) is 0 Å². The van der Waals surface area contributed by atoms with Crippen molar-refractivity contribution in [1.29, 1.82) is 0 Å². The van der Waals surface area contributed by atoms with Crippen molar-refractivity contribution in [3.63, 3.8) is 0 Å². The number of hydrogen-bond acceptors (Lipinski definition) is 3. The molecule has 4 heteroatoms. The monoisotopic (exact) mass is 240 g/mol. The highest BCUT2D eigenvalue weighted by atomic mass is 31.2. The summed E-state index contributed by atoms with van der Waals surface area (Å²) >= 11 is 0. The Hall–Kier alpha value is -1.39. The molecule has 0 aromatic heterocycles. The van der Waals surface area contributed by atoms with Gasteiger partial charge in [-0.05, 0) is 31.5 Å². The number of nitrogens with one attached hydrogen (secondary N) is 1. The van der Waals surface area contributed by atoms with Crippen molar-refractivity contribution in [2.45, 2.75) is 0 Å². The van der Waals surface area contributed by atoms with Crippen molar-refractivity contribution >= 4 is 18.1 Å². The predicted molar refractivity (Wildman–Crippen MR) is 69.4 cm³/mol. The molecule has 1 rings (SSSR count). The molecule has 86 valence electrons. The van der Waals surface area contributed by atoms with Crippen LogP contribution in [0, 0.1) is 12.3 Å². The van der Waals surface area contributed by atoms with Gasteiger partial charge in [0.05, 0.1) is 23.4 Å². The Balaban J connectivity index is 3.19. The van der Waals surface area contributed by atoms with Gasteiger partial charge in [0.1, 0.15) is 12.9 Å². The molecular formula is C12H16NO2P. The molecule has 3 nitrogen and oxygen atoms in total. The van der Waals surface area contributed by atoms with E-state index in [2.05, 4.69) is 11.2 Å². The van der Waals surface area contributed by atoms with Crippen molar-refractivity contribution in [2.75, 3.05) is 32.2 Å². The molecule has 16 heavy (non-hydrogen) atoms. The molecular weight excluding hydrogens is 221 g/mol. The van der Waals surface area contributed by atoms with E-state index < -0.39 is 14.2 Å². The lowest BCUT2D eigenvalue weighted by Gasteiger charge is -2.13. The van der Waals surface area contributed by atoms with Crippen LogP contribution in [0.25, 0.3) is 0 Å². The number of ether oxygens (including phenoxy) is 1. The Labute approximate surface area is 101 Å². The van der Waals surface area contributed by atoms with Crippen LogP contribution < -0.4 is 15.4 Å². The molecule has 0 bridgehead atoms. The fourth-order valence-electron chi connectivity index (χ4n) is 1.22. The number of hydrogen-bond donors (Lipinski definition) is 1. The summed E-state index contributed by atoms with van der Waals surface area (Å²) in [5.74, 6) is 2.51. The molecule has 0 atom stereocenters. The summed E-state index contributed by atoms with van der Waals surface area (Å²) in [5.41, 5.74) is 0.464. The third-order valence-electron chi connectivity index (χ3n) is 2.08. The number of rotatable bonds is 4. The first-order chi connectivity index (χ1) is 8.63. The summed E-state index contributed by atoms with van der Waals surface area (Å²) in [6, 6.07) is 4.77. The number of anilines is 1. The lowest BCUT2D eigenvalue weighted by Crippen LogP contribution is -2.07. The van der Waals surface area contributed by atoms with Crippen LogP contribution in [0.4, 0.5) is 5.69 Å². The summed E-state index contributed by atoms with van der Waals surface area (Å²) in [7, 11) is -5.06. The van der Waals surface area contributed by atoms with Crippen LogP contribution in [-0.4, -0.2) is 26.9 Å². The average molecular weight is 240 g/mol. The smallest absolute Gasteiger partial charge is 0.142 e. The minimum atomic E-state index is -2.57. The second-order valence-corrected chi connectivity index (χ2v) is 6.91. The zero-order valence-corrected chi connectivity index (χ0v) is 10.2. The molecule has 0 fully saturated rings. The maximum absolute atomic E-state index is 12.0. The van der Waals surface area contributed by atoms with Crippen molar-refractivity contribution in [2.24, 2.45) is 0 Å². The topological polar surface area (TPSA) is 38.3 Å². The first-order valence-corrected chi connectivity index (χ1v) is 7.29. The minimum absolute atomic E-state index is 0.122. The highest BCUT2D eigenvalue weighted by Gasteiger charge is 2.13. The fraction of sp³-hybridized carbons (Fsp3) is 0.333. The van der Waals surface area contributed by atoms with Crippen molar-refractivity contribution in [3.8, 4) is 18.1 Å². The largest absolute Gasteiger partial charge is 0.495 e. The lowest BCUT2D eigenvalue weighted by molar-refractivity contribution is 0.417. The van der Waals surface area contributed by atoms with E-state index >= 15 is 0 Å². The molecule has 0 unspecified atom stereocenters. The van der Waals surface area contributed by atoms with E-state index in [0.717, 1.165) is 0 Å². The zero-order valence-electron chi connectivity index (χ0n) is 12.3. The molecule has 0 saturated heterocycles. The van der Waals surface area contributed by atoms with E-state index in [1.807, 2.05) is 0 Å². The van der Waals surface area contributed by atoms with Gasteiger partial charge in [0.15, 0.2) is 0 Å². The molecule has 1 N–H and O–H groups in total. The van der Waals surface area contributed by atoms with Crippen molar-refractivity contribution in [3.05, 3.63) is 18.2 Å². The molecule has 0 spiro atoms. The van der Waals surface area contributed by atoms with Crippen LogP contribution in [0.1, 0.15) is 4.11 Å². The van der Waals surface area contributed by atoms with E-state index in [1.54, 1.807) is 25.5 Å². The fourth-order valence-corrected chi connectivity index (χ4v) is 2.08. The van der Waals surface area contributed by atoms with Crippen LogP contribution >= 0.6 is 7.14 Å². The zero-order chi connectivity index (χ0) is 14.7. The SMILES string of the molecule is [2H]C([2H])([2H])Oc1cc(P(C)(C)=O)ccc1NCC#C.